The molecule has 0 amide bonds. The largest absolute Gasteiger partial charge is 0.475 e. The van der Waals surface area contributed by atoms with Crippen LogP contribution in [0.3, 0.4) is 0 Å². The summed E-state index contributed by atoms with van der Waals surface area (Å²) in [5.74, 6) is 1.76. The van der Waals surface area contributed by atoms with Crippen molar-refractivity contribution in [3.05, 3.63) is 36.5 Å². The smallest absolute Gasteiger partial charge is 0.247 e. The van der Waals surface area contributed by atoms with Crippen molar-refractivity contribution in [1.29, 1.82) is 0 Å². The molecule has 0 atom stereocenters. The number of nitrogens with zero attached hydrogens (tertiary/aromatic N) is 4. The first-order valence-electron chi connectivity index (χ1n) is 9.48. The summed E-state index contributed by atoms with van der Waals surface area (Å²) in [4.78, 5) is 8.62. The monoisotopic (exact) mass is 384 g/mol. The van der Waals surface area contributed by atoms with Gasteiger partial charge in [0.2, 0.25) is 11.8 Å². The summed E-state index contributed by atoms with van der Waals surface area (Å²) in [6.45, 7) is 0.124. The quantitative estimate of drug-likeness (QED) is 0.488. The Bertz CT molecular complexity index is 923. The van der Waals surface area contributed by atoms with Gasteiger partial charge >= 0.3 is 0 Å². The fourth-order valence-electron chi connectivity index (χ4n) is 3.34. The molecule has 3 aromatic rings. The van der Waals surface area contributed by atoms with Crippen molar-refractivity contribution in [2.45, 2.75) is 37.8 Å². The Morgan fingerprint density at radius 3 is 2.86 bits per heavy atom. The summed E-state index contributed by atoms with van der Waals surface area (Å²) in [7, 11) is 0. The topological polar surface area (TPSA) is 117 Å². The maximum atomic E-state index is 9.69. The highest BCUT2D eigenvalue weighted by Crippen LogP contribution is 2.23. The predicted molar refractivity (Wildman–Crippen MR) is 105 cm³/mol. The van der Waals surface area contributed by atoms with Crippen molar-refractivity contribution in [2.24, 2.45) is 0 Å². The minimum atomic E-state index is -0.178. The van der Waals surface area contributed by atoms with Crippen LogP contribution in [0.4, 0.5) is 17.5 Å². The number of pyridine rings is 2. The molecular weight excluding hydrogens is 360 g/mol. The van der Waals surface area contributed by atoms with E-state index in [4.69, 9.17) is 9.84 Å². The predicted octanol–water partition coefficient (Wildman–Crippen LogP) is 1.95. The first-order valence-corrected chi connectivity index (χ1v) is 9.48. The van der Waals surface area contributed by atoms with Crippen molar-refractivity contribution >= 4 is 23.1 Å². The van der Waals surface area contributed by atoms with Crippen LogP contribution in [0.15, 0.2) is 36.5 Å². The van der Waals surface area contributed by atoms with Crippen molar-refractivity contribution in [3.63, 3.8) is 0 Å². The molecule has 3 aromatic heterocycles. The first kappa shape index (κ1) is 18.5. The number of nitrogens with one attached hydrogen (secondary N) is 2. The van der Waals surface area contributed by atoms with Crippen LogP contribution in [0.2, 0.25) is 0 Å². The maximum absolute atomic E-state index is 9.69. The van der Waals surface area contributed by atoms with Gasteiger partial charge in [-0.15, -0.1) is 5.10 Å². The van der Waals surface area contributed by atoms with E-state index in [1.165, 1.54) is 0 Å². The molecule has 9 heteroatoms. The van der Waals surface area contributed by atoms with E-state index in [0.717, 1.165) is 42.8 Å². The van der Waals surface area contributed by atoms with Gasteiger partial charge in [-0.25, -0.2) is 4.98 Å². The summed E-state index contributed by atoms with van der Waals surface area (Å²) in [5.41, 5.74) is 1.48. The number of hydrogen-bond acceptors (Lipinski definition) is 8. The van der Waals surface area contributed by atoms with Crippen LogP contribution < -0.4 is 15.4 Å². The summed E-state index contributed by atoms with van der Waals surface area (Å²) < 4.78 is 7.10. The molecule has 4 rings (SSSR count). The molecule has 0 saturated heterocycles. The van der Waals surface area contributed by atoms with Crippen LogP contribution in [0.1, 0.15) is 25.7 Å². The van der Waals surface area contributed by atoms with Crippen LogP contribution in [-0.2, 0) is 0 Å². The van der Waals surface area contributed by atoms with Crippen molar-refractivity contribution < 1.29 is 14.9 Å². The van der Waals surface area contributed by atoms with Crippen LogP contribution in [-0.4, -0.2) is 55.2 Å². The Kier molecular flexibility index (Phi) is 5.54. The lowest BCUT2D eigenvalue weighted by Gasteiger charge is -2.26. The lowest BCUT2D eigenvalue weighted by molar-refractivity contribution is 0.126. The van der Waals surface area contributed by atoms with Crippen molar-refractivity contribution in [3.8, 4) is 5.88 Å². The maximum Gasteiger partial charge on any atom is 0.247 e. The van der Waals surface area contributed by atoms with Gasteiger partial charge in [-0.05, 0) is 43.9 Å². The molecule has 1 fully saturated rings. The molecule has 148 valence electrons. The second-order valence-corrected chi connectivity index (χ2v) is 6.85. The highest BCUT2D eigenvalue weighted by Gasteiger charge is 2.20. The second-order valence-electron chi connectivity index (χ2n) is 6.85. The van der Waals surface area contributed by atoms with E-state index in [-0.39, 0.29) is 19.3 Å². The van der Waals surface area contributed by atoms with Crippen molar-refractivity contribution in [1.82, 2.24) is 19.6 Å². The zero-order valence-electron chi connectivity index (χ0n) is 15.5. The van der Waals surface area contributed by atoms with Crippen LogP contribution in [0.5, 0.6) is 5.88 Å². The molecule has 4 N–H and O–H groups in total. The van der Waals surface area contributed by atoms with E-state index in [2.05, 4.69) is 25.7 Å². The molecule has 1 saturated carbocycles. The number of aromatic nitrogens is 4. The number of hydrogen-bond donors (Lipinski definition) is 4. The fraction of sp³-hybridized carbons (Fsp3) is 0.421. The van der Waals surface area contributed by atoms with E-state index in [1.807, 2.05) is 18.2 Å². The van der Waals surface area contributed by atoms with Crippen molar-refractivity contribution in [2.75, 3.05) is 23.8 Å². The molecule has 0 aromatic carbocycles. The number of fused-ring (bicyclic) bond motifs is 1. The average molecular weight is 384 g/mol. The molecule has 1 aliphatic rings. The molecule has 9 nitrogen and oxygen atoms in total. The number of ether oxygens (including phenoxy) is 1. The Morgan fingerprint density at radius 1 is 1.18 bits per heavy atom. The molecule has 0 spiro atoms. The van der Waals surface area contributed by atoms with Crippen LogP contribution >= 0.6 is 0 Å². The van der Waals surface area contributed by atoms with E-state index in [1.54, 1.807) is 22.8 Å². The molecule has 0 aliphatic heterocycles. The number of aliphatic hydroxyl groups excluding tert-OH is 2. The van der Waals surface area contributed by atoms with Crippen LogP contribution in [0.25, 0.3) is 5.65 Å². The minimum absolute atomic E-state index is 0.0664. The molecule has 28 heavy (non-hydrogen) atoms. The summed E-state index contributed by atoms with van der Waals surface area (Å²) >= 11 is 0. The van der Waals surface area contributed by atoms with Crippen LogP contribution in [0, 0.1) is 0 Å². The van der Waals surface area contributed by atoms with Gasteiger partial charge in [0.05, 0.1) is 12.7 Å². The van der Waals surface area contributed by atoms with Gasteiger partial charge in [0.15, 0.2) is 5.65 Å². The van der Waals surface area contributed by atoms with E-state index < -0.39 is 0 Å². The Labute approximate surface area is 162 Å². The SMILES string of the molecule is OCCOc1cc(Nc2nc3cccc(N[C@H]4CC[C@@H](O)CC4)n3n2)ccn1. The third-order valence-corrected chi connectivity index (χ3v) is 4.74. The summed E-state index contributed by atoms with van der Waals surface area (Å²) in [6.07, 6.45) is 4.95. The molecule has 3 heterocycles. The standard InChI is InChI=1S/C19H24N6O3/c26-10-11-28-18-12-14(8-9-20-18)22-19-23-17-3-1-2-16(25(17)24-19)21-13-4-6-15(27)7-5-13/h1-3,8-9,12-13,15,21,26-27H,4-7,10-11H2,(H,20,22,24)/t13-,15+. The Hall–Kier alpha value is -2.91. The van der Waals surface area contributed by atoms with Gasteiger partial charge in [-0.1, -0.05) is 6.07 Å². The molecule has 1 aliphatic carbocycles. The van der Waals surface area contributed by atoms with E-state index in [0.29, 0.717) is 17.9 Å². The molecule has 0 radical (unpaired) electrons. The average Bonchev–Trinajstić information content (AvgIpc) is 3.12. The lowest BCUT2D eigenvalue weighted by atomic mass is 9.93. The Morgan fingerprint density at radius 2 is 2.04 bits per heavy atom. The molecule has 0 bridgehead atoms. The van der Waals surface area contributed by atoms with Gasteiger partial charge < -0.3 is 25.6 Å². The zero-order chi connectivity index (χ0) is 19.3. The third kappa shape index (κ3) is 4.32. The lowest BCUT2D eigenvalue weighted by Crippen LogP contribution is -2.29. The normalized spacial score (nSPS) is 19.5. The molecule has 0 unspecified atom stereocenters. The van der Waals surface area contributed by atoms with Gasteiger partial charge in [0.25, 0.3) is 0 Å². The van der Waals surface area contributed by atoms with E-state index in [9.17, 15) is 5.11 Å². The third-order valence-electron chi connectivity index (χ3n) is 4.74. The fourth-order valence-corrected chi connectivity index (χ4v) is 3.34. The number of aliphatic hydroxyl groups is 2. The van der Waals surface area contributed by atoms with E-state index >= 15 is 0 Å². The summed E-state index contributed by atoms with van der Waals surface area (Å²) in [6, 6.07) is 9.67. The zero-order valence-corrected chi connectivity index (χ0v) is 15.5. The summed E-state index contributed by atoms with van der Waals surface area (Å²) in [5, 5.41) is 29.8. The highest BCUT2D eigenvalue weighted by molar-refractivity contribution is 5.58. The number of anilines is 3. The minimum Gasteiger partial charge on any atom is -0.475 e. The highest BCUT2D eigenvalue weighted by atomic mass is 16.5. The second kappa shape index (κ2) is 8.41. The van der Waals surface area contributed by atoms with Gasteiger partial charge in [-0.3, -0.25) is 0 Å². The molecular formula is C19H24N6O3. The first-order chi connectivity index (χ1) is 13.7. The van der Waals surface area contributed by atoms with Gasteiger partial charge in [-0.2, -0.15) is 9.50 Å². The van der Waals surface area contributed by atoms with Gasteiger partial charge in [0, 0.05) is 24.0 Å². The van der Waals surface area contributed by atoms with Gasteiger partial charge in [0.1, 0.15) is 12.4 Å². The number of rotatable bonds is 7. The Balaban J connectivity index is 1.50.